The van der Waals surface area contributed by atoms with Gasteiger partial charge < -0.3 is 10.6 Å². The first-order chi connectivity index (χ1) is 12.0. The third-order valence-corrected chi connectivity index (χ3v) is 3.60. The lowest BCUT2D eigenvalue weighted by Crippen LogP contribution is -2.24. The standard InChI is InChI=1S/C18H26N4O3/c1-13(23)16-9-14(11-21-17(24)4-2-6-19)8-15(10-16)12-22-18(25)5-3-7-20/h8-10,19-20H,2-7,11-12H2,1H3,(H,21,24)(H,22,25). The average Bonchev–Trinajstić information content (AvgIpc) is 2.60. The van der Waals surface area contributed by atoms with Gasteiger partial charge in [0.05, 0.1) is 0 Å². The number of benzene rings is 1. The molecule has 4 N–H and O–H groups in total. The van der Waals surface area contributed by atoms with Gasteiger partial charge in [0.2, 0.25) is 11.8 Å². The lowest BCUT2D eigenvalue weighted by atomic mass is 10.0. The van der Waals surface area contributed by atoms with E-state index in [0.717, 1.165) is 11.1 Å². The first-order valence-electron chi connectivity index (χ1n) is 8.42. The number of rotatable bonds is 11. The maximum absolute atomic E-state index is 11.7. The summed E-state index contributed by atoms with van der Waals surface area (Å²) in [5, 5.41) is 5.56. The van der Waals surface area contributed by atoms with Crippen molar-refractivity contribution in [3.63, 3.8) is 0 Å². The van der Waals surface area contributed by atoms with E-state index >= 15 is 0 Å². The molecule has 0 saturated heterocycles. The number of ketones is 1. The number of nitrogens with one attached hydrogen (secondary N) is 4. The predicted octanol–water partition coefficient (Wildman–Crippen LogP) is 1.25. The van der Waals surface area contributed by atoms with E-state index in [9.17, 15) is 14.4 Å². The highest BCUT2D eigenvalue weighted by Crippen LogP contribution is 2.12. The highest BCUT2D eigenvalue weighted by atomic mass is 16.2. The van der Waals surface area contributed by atoms with Crippen LogP contribution in [-0.4, -0.2) is 30.7 Å². The van der Waals surface area contributed by atoms with E-state index in [4.69, 9.17) is 11.5 Å². The molecule has 0 bridgehead atoms. The van der Waals surface area contributed by atoms with Gasteiger partial charge in [-0.15, -0.1) is 0 Å². The second-order valence-corrected chi connectivity index (χ2v) is 5.85. The molecule has 1 aromatic rings. The molecule has 0 aliphatic heterocycles. The minimum atomic E-state index is -0.120. The molecular weight excluding hydrogens is 320 g/mol. The molecule has 2 radical (unpaired) electrons. The van der Waals surface area contributed by atoms with E-state index < -0.39 is 0 Å². The quantitative estimate of drug-likeness (QED) is 0.586. The summed E-state index contributed by atoms with van der Waals surface area (Å²) >= 11 is 0. The number of Topliss-reactive ketones (excluding diaryl/α,β-unsaturated/α-hetero) is 1. The van der Waals surface area contributed by atoms with Crippen molar-refractivity contribution in [2.75, 3.05) is 13.1 Å². The van der Waals surface area contributed by atoms with Gasteiger partial charge in [-0.1, -0.05) is 6.07 Å². The smallest absolute Gasteiger partial charge is 0.220 e. The molecule has 1 aromatic carbocycles. The fraction of sp³-hybridized carbons (Fsp3) is 0.500. The van der Waals surface area contributed by atoms with Crippen LogP contribution in [-0.2, 0) is 22.7 Å². The molecule has 25 heavy (non-hydrogen) atoms. The highest BCUT2D eigenvalue weighted by Gasteiger charge is 2.08. The zero-order valence-corrected chi connectivity index (χ0v) is 14.6. The summed E-state index contributed by atoms with van der Waals surface area (Å²) in [6, 6.07) is 5.32. The van der Waals surface area contributed by atoms with Crippen LogP contribution in [0.5, 0.6) is 0 Å². The van der Waals surface area contributed by atoms with Crippen molar-refractivity contribution in [1.82, 2.24) is 22.1 Å². The van der Waals surface area contributed by atoms with Crippen LogP contribution in [0.4, 0.5) is 0 Å². The number of carbonyl (C=O) groups is 3. The van der Waals surface area contributed by atoms with Crippen LogP contribution in [0.25, 0.3) is 0 Å². The van der Waals surface area contributed by atoms with E-state index in [1.807, 2.05) is 6.07 Å². The summed E-state index contributed by atoms with van der Waals surface area (Å²) in [5.41, 5.74) is 16.2. The minimum absolute atomic E-state index is 0.0795. The van der Waals surface area contributed by atoms with E-state index in [1.54, 1.807) is 12.1 Å². The largest absolute Gasteiger partial charge is 0.352 e. The van der Waals surface area contributed by atoms with Crippen LogP contribution >= 0.6 is 0 Å². The number of hydrogen-bond donors (Lipinski definition) is 2. The van der Waals surface area contributed by atoms with Gasteiger partial charge in [0.1, 0.15) is 0 Å². The summed E-state index contributed by atoms with van der Waals surface area (Å²) in [4.78, 5) is 35.0. The van der Waals surface area contributed by atoms with Gasteiger partial charge in [-0.3, -0.25) is 25.9 Å². The second-order valence-electron chi connectivity index (χ2n) is 5.85. The van der Waals surface area contributed by atoms with Crippen molar-refractivity contribution in [3.05, 3.63) is 34.9 Å². The molecule has 0 fully saturated rings. The maximum Gasteiger partial charge on any atom is 0.220 e. The van der Waals surface area contributed by atoms with Crippen LogP contribution in [0.1, 0.15) is 54.1 Å². The van der Waals surface area contributed by atoms with Crippen molar-refractivity contribution >= 4 is 17.6 Å². The van der Waals surface area contributed by atoms with Gasteiger partial charge in [0.15, 0.2) is 5.78 Å². The lowest BCUT2D eigenvalue weighted by molar-refractivity contribution is -0.122. The second kappa shape index (κ2) is 11.3. The maximum atomic E-state index is 11.7. The Labute approximate surface area is 148 Å². The molecule has 0 aromatic heterocycles. The molecule has 0 saturated carbocycles. The number of hydrogen-bond acceptors (Lipinski definition) is 3. The molecule has 136 valence electrons. The monoisotopic (exact) mass is 346 g/mol. The van der Waals surface area contributed by atoms with Crippen molar-refractivity contribution in [2.24, 2.45) is 0 Å². The molecule has 7 heteroatoms. The molecule has 0 aliphatic rings. The Morgan fingerprint density at radius 2 is 1.28 bits per heavy atom. The molecule has 0 atom stereocenters. The Balaban J connectivity index is 2.71. The first-order valence-corrected chi connectivity index (χ1v) is 8.42. The Hall–Kier alpha value is -2.25. The normalized spacial score (nSPS) is 10.4. The molecule has 0 spiro atoms. The van der Waals surface area contributed by atoms with E-state index in [1.165, 1.54) is 6.92 Å². The number of carbonyl (C=O) groups excluding carboxylic acids is 3. The average molecular weight is 346 g/mol. The molecule has 0 heterocycles. The Morgan fingerprint density at radius 1 is 0.840 bits per heavy atom. The summed E-state index contributed by atoms with van der Waals surface area (Å²) in [6.07, 6.45) is 1.67. The van der Waals surface area contributed by atoms with Gasteiger partial charge in [-0.2, -0.15) is 0 Å². The zero-order chi connectivity index (χ0) is 18.7. The molecule has 2 amide bonds. The topological polar surface area (TPSA) is 123 Å². The molecule has 1 rings (SSSR count). The third kappa shape index (κ3) is 8.42. The summed E-state index contributed by atoms with van der Waals surface area (Å²) in [5.74, 6) is -0.319. The summed E-state index contributed by atoms with van der Waals surface area (Å²) in [7, 11) is 0. The molecule has 0 aliphatic carbocycles. The van der Waals surface area contributed by atoms with Gasteiger partial charge in [-0.05, 0) is 43.0 Å². The fourth-order valence-corrected chi connectivity index (χ4v) is 2.25. The van der Waals surface area contributed by atoms with E-state index in [-0.39, 0.29) is 30.7 Å². The van der Waals surface area contributed by atoms with Crippen LogP contribution in [0, 0.1) is 0 Å². The van der Waals surface area contributed by atoms with Gasteiger partial charge in [-0.25, -0.2) is 0 Å². The highest BCUT2D eigenvalue weighted by molar-refractivity contribution is 5.94. The van der Waals surface area contributed by atoms with Crippen LogP contribution < -0.4 is 22.1 Å². The Kier molecular flexibility index (Phi) is 9.42. The predicted molar refractivity (Wildman–Crippen MR) is 94.5 cm³/mol. The van der Waals surface area contributed by atoms with Gasteiger partial charge >= 0.3 is 0 Å². The minimum Gasteiger partial charge on any atom is -0.352 e. The van der Waals surface area contributed by atoms with Gasteiger partial charge in [0.25, 0.3) is 0 Å². The molecule has 7 nitrogen and oxygen atoms in total. The van der Waals surface area contributed by atoms with Crippen molar-refractivity contribution in [3.8, 4) is 0 Å². The van der Waals surface area contributed by atoms with Crippen LogP contribution in [0.3, 0.4) is 0 Å². The first kappa shape index (κ1) is 20.8. The van der Waals surface area contributed by atoms with Crippen molar-refractivity contribution < 1.29 is 14.4 Å². The molecule has 0 unspecified atom stereocenters. The molecular formula is C18H26N4O3. The third-order valence-electron chi connectivity index (χ3n) is 3.60. The van der Waals surface area contributed by atoms with E-state index in [0.29, 0.717) is 44.3 Å². The SMILES string of the molecule is CC(=O)c1cc(CNC(=O)CCC[NH])cc(CNC(=O)CCC[NH])c1. The fourth-order valence-electron chi connectivity index (χ4n) is 2.25. The Morgan fingerprint density at radius 3 is 1.64 bits per heavy atom. The van der Waals surface area contributed by atoms with Gasteiger partial charge in [0, 0.05) is 44.6 Å². The van der Waals surface area contributed by atoms with Crippen molar-refractivity contribution in [2.45, 2.75) is 45.7 Å². The van der Waals surface area contributed by atoms with Crippen LogP contribution in [0.2, 0.25) is 0 Å². The summed E-state index contributed by atoms with van der Waals surface area (Å²) < 4.78 is 0. The Bertz CT molecular complexity index is 560. The summed E-state index contributed by atoms with van der Waals surface area (Å²) in [6.45, 7) is 2.52. The van der Waals surface area contributed by atoms with Crippen LogP contribution in [0.15, 0.2) is 18.2 Å². The van der Waals surface area contributed by atoms with E-state index in [2.05, 4.69) is 10.6 Å². The zero-order valence-electron chi connectivity index (χ0n) is 14.6. The lowest BCUT2D eigenvalue weighted by Gasteiger charge is -2.11. The number of amides is 2. The van der Waals surface area contributed by atoms with Crippen molar-refractivity contribution in [1.29, 1.82) is 0 Å².